The largest absolute Gasteiger partial charge is 0.369 e. The van der Waals surface area contributed by atoms with Crippen molar-refractivity contribution in [2.24, 2.45) is 0 Å². The molecule has 0 aliphatic carbocycles. The second-order valence-corrected chi connectivity index (χ2v) is 7.60. The van der Waals surface area contributed by atoms with Crippen molar-refractivity contribution in [3.8, 4) is 5.75 Å². The van der Waals surface area contributed by atoms with Crippen LogP contribution in [0.2, 0.25) is 0 Å². The molecule has 1 rings (SSSR count). The van der Waals surface area contributed by atoms with Crippen LogP contribution < -0.4 is 16.6 Å². The van der Waals surface area contributed by atoms with E-state index >= 15 is 0 Å². The number of hydrogen-bond donors (Lipinski definition) is 2. The van der Waals surface area contributed by atoms with Crippen molar-refractivity contribution < 1.29 is 60.8 Å². The molecule has 0 fully saturated rings. The SMILES string of the molecule is COc1ccc([NH3+])cc1.F[P-](F)(F)(F)(F)F.F[P-](F)(F)(F)(F)F.[NH4+]. The molecule has 0 heterocycles. The van der Waals surface area contributed by atoms with E-state index in [4.69, 9.17) is 4.74 Å². The molecular weight excluding hydrogens is 418 g/mol. The molecule has 0 aliphatic rings. The van der Waals surface area contributed by atoms with E-state index in [0.29, 0.717) is 0 Å². The average Bonchev–Trinajstić information content (AvgIpc) is 2.08. The predicted octanol–water partition coefficient (Wildman–Crippen LogP) is 7.71. The van der Waals surface area contributed by atoms with Gasteiger partial charge in [-0.3, -0.25) is 0 Å². The Hall–Kier alpha value is -1.04. The molecule has 0 amide bonds. The summed E-state index contributed by atoms with van der Waals surface area (Å²) in [5, 5.41) is 0. The maximum Gasteiger partial charge on any atom is -0.369 e. The molecule has 0 aromatic heterocycles. The number of rotatable bonds is 1. The molecule has 3 nitrogen and oxygen atoms in total. The van der Waals surface area contributed by atoms with Crippen LogP contribution in [0.25, 0.3) is 0 Å². The predicted molar refractivity (Wildman–Crippen MR) is 68.7 cm³/mol. The third-order valence-electron chi connectivity index (χ3n) is 1.16. The molecule has 0 spiro atoms. The summed E-state index contributed by atoms with van der Waals surface area (Å²) in [5.74, 6) is 0.877. The first-order valence-electron chi connectivity index (χ1n) is 4.82. The average molecular weight is 432 g/mol. The summed E-state index contributed by atoms with van der Waals surface area (Å²) in [6, 6.07) is 7.61. The normalized spacial score (nSPS) is 16.9. The zero-order chi connectivity index (χ0) is 19.5. The van der Waals surface area contributed by atoms with Crippen LogP contribution >= 0.6 is 15.6 Å². The molecule has 24 heavy (non-hydrogen) atoms. The minimum Gasteiger partial charge on any atom is -0.369 e. The topological polar surface area (TPSA) is 73.4 Å². The summed E-state index contributed by atoms with van der Waals surface area (Å²) in [4.78, 5) is 0. The molecule has 0 saturated heterocycles. The van der Waals surface area contributed by atoms with Crippen LogP contribution in [0.15, 0.2) is 24.3 Å². The van der Waals surface area contributed by atoms with Crippen LogP contribution in [-0.4, -0.2) is 7.11 Å². The Balaban J connectivity index is -0.000000274. The number of hydrogen-bond acceptors (Lipinski definition) is 1. The third-order valence-corrected chi connectivity index (χ3v) is 1.16. The molecule has 0 radical (unpaired) electrons. The zero-order valence-corrected chi connectivity index (χ0v) is 13.6. The van der Waals surface area contributed by atoms with Gasteiger partial charge in [-0.1, -0.05) is 0 Å². The van der Waals surface area contributed by atoms with Gasteiger partial charge in [-0.05, 0) is 12.1 Å². The summed E-state index contributed by atoms with van der Waals surface area (Å²) in [6.07, 6.45) is 0. The Morgan fingerprint density at radius 3 is 1.04 bits per heavy atom. The van der Waals surface area contributed by atoms with E-state index in [0.717, 1.165) is 11.4 Å². The van der Waals surface area contributed by atoms with E-state index in [1.807, 2.05) is 24.3 Å². The van der Waals surface area contributed by atoms with E-state index in [1.54, 1.807) is 7.11 Å². The van der Waals surface area contributed by atoms with Gasteiger partial charge in [-0.15, -0.1) is 0 Å². The molecule has 1 aromatic rings. The second kappa shape index (κ2) is 6.04. The van der Waals surface area contributed by atoms with E-state index in [2.05, 4.69) is 5.73 Å². The van der Waals surface area contributed by atoms with Crippen LogP contribution in [0.1, 0.15) is 0 Å². The van der Waals surface area contributed by atoms with Crippen LogP contribution in [0.4, 0.5) is 56.1 Å². The van der Waals surface area contributed by atoms with Gasteiger partial charge in [0.25, 0.3) is 0 Å². The van der Waals surface area contributed by atoms with Gasteiger partial charge < -0.3 is 16.6 Å². The summed E-state index contributed by atoms with van der Waals surface area (Å²) < 4.78 is 123. The molecule has 0 unspecified atom stereocenters. The van der Waals surface area contributed by atoms with E-state index in [1.165, 1.54) is 0 Å². The van der Waals surface area contributed by atoms with Crippen molar-refractivity contribution in [1.29, 1.82) is 0 Å². The first kappa shape index (κ1) is 27.8. The van der Waals surface area contributed by atoms with Gasteiger partial charge in [-0.2, -0.15) is 0 Å². The van der Waals surface area contributed by atoms with E-state index in [9.17, 15) is 50.4 Å². The maximum absolute atomic E-state index is 10.7. The first-order valence-corrected chi connectivity index (χ1v) is 8.87. The Morgan fingerprint density at radius 2 is 0.875 bits per heavy atom. The van der Waals surface area contributed by atoms with Crippen LogP contribution in [0, 0.1) is 0 Å². The van der Waals surface area contributed by atoms with Gasteiger partial charge in [0.1, 0.15) is 11.4 Å². The van der Waals surface area contributed by atoms with Gasteiger partial charge in [0.2, 0.25) is 0 Å². The van der Waals surface area contributed by atoms with Crippen molar-refractivity contribution in [1.82, 2.24) is 6.15 Å². The number of ether oxygens (including phenoxy) is 1. The summed E-state index contributed by atoms with van der Waals surface area (Å²) in [6.45, 7) is 0. The van der Waals surface area contributed by atoms with E-state index in [-0.39, 0.29) is 6.15 Å². The van der Waals surface area contributed by atoms with Gasteiger partial charge in [0.05, 0.1) is 7.11 Å². The van der Waals surface area contributed by atoms with Gasteiger partial charge in [0.15, 0.2) is 0 Å². The molecule has 0 aliphatic heterocycles. The van der Waals surface area contributed by atoms with Gasteiger partial charge in [-0.25, -0.2) is 0 Å². The van der Waals surface area contributed by atoms with Crippen LogP contribution in [-0.2, 0) is 0 Å². The monoisotopic (exact) mass is 432 g/mol. The molecule has 0 atom stereocenters. The molecule has 0 bridgehead atoms. The van der Waals surface area contributed by atoms with Gasteiger partial charge >= 0.3 is 66.0 Å². The molecule has 0 saturated carbocycles. The fraction of sp³-hybridized carbons (Fsp3) is 0.143. The number of benzene rings is 1. The van der Waals surface area contributed by atoms with E-state index < -0.39 is 15.6 Å². The number of quaternary nitrogens is 2. The molecule has 1 aromatic carbocycles. The molecule has 17 heteroatoms. The fourth-order valence-corrected chi connectivity index (χ4v) is 0.626. The number of methoxy groups -OCH3 is 1. The minimum absolute atomic E-state index is 0. The van der Waals surface area contributed by atoms with Crippen molar-refractivity contribution in [2.75, 3.05) is 7.11 Å². The molecule has 7 N–H and O–H groups in total. The maximum atomic E-state index is 9.87. The third kappa shape index (κ3) is 69.5. The standard InChI is InChI=1S/C7H9NO.2F6P.H3N/c1-9-7-4-2-6(8)3-5-7;2*1-7(2,3,4,5)6;/h2-5H,8H2,1H3;;;1H3/q;2*-1;/p+2. The Bertz CT molecular complexity index is 466. The summed E-state index contributed by atoms with van der Waals surface area (Å²) in [7, 11) is -19.7. The van der Waals surface area contributed by atoms with Crippen LogP contribution in [0.5, 0.6) is 5.75 Å². The molecule has 152 valence electrons. The van der Waals surface area contributed by atoms with Crippen molar-refractivity contribution in [2.45, 2.75) is 0 Å². The van der Waals surface area contributed by atoms with Crippen molar-refractivity contribution in [3.63, 3.8) is 0 Å². The second-order valence-electron chi connectivity index (χ2n) is 3.76. The van der Waals surface area contributed by atoms with Gasteiger partial charge in [0, 0.05) is 12.1 Å². The van der Waals surface area contributed by atoms with Crippen molar-refractivity contribution in [3.05, 3.63) is 24.3 Å². The van der Waals surface area contributed by atoms with Crippen LogP contribution in [0.3, 0.4) is 0 Å². The Labute approximate surface area is 126 Å². The fourth-order valence-electron chi connectivity index (χ4n) is 0.626. The quantitative estimate of drug-likeness (QED) is 0.346. The summed E-state index contributed by atoms with van der Waals surface area (Å²) in [5.41, 5.74) is 4.75. The molecular formula is C7H14F12N2OP2. The smallest absolute Gasteiger partial charge is 0.369 e. The zero-order valence-electron chi connectivity index (χ0n) is 11.9. The summed E-state index contributed by atoms with van der Waals surface area (Å²) >= 11 is 0. The Kier molecular flexibility index (Phi) is 7.00. The van der Waals surface area contributed by atoms with Crippen molar-refractivity contribution >= 4 is 21.3 Å². The first-order chi connectivity index (χ1) is 9.22. The number of halogens is 12. The minimum atomic E-state index is -10.7. The Morgan fingerprint density at radius 1 is 0.667 bits per heavy atom.